The lowest BCUT2D eigenvalue weighted by molar-refractivity contribution is 1.32. The highest BCUT2D eigenvalue weighted by Gasteiger charge is 2.06. The lowest BCUT2D eigenvalue weighted by Gasteiger charge is -1.92. The molecule has 3 rings (SSSR count). The van der Waals surface area contributed by atoms with Crippen LogP contribution in [0, 0.1) is 0 Å². The molecule has 4 heteroatoms. The third-order valence-corrected chi connectivity index (χ3v) is 4.25. The first kappa shape index (κ1) is 10.9. The Morgan fingerprint density at radius 2 is 1.94 bits per heavy atom. The number of thiazole rings is 1. The molecule has 0 aliphatic rings. The molecule has 0 amide bonds. The van der Waals surface area contributed by atoms with Gasteiger partial charge in [-0.1, -0.05) is 22.0 Å². The van der Waals surface area contributed by atoms with Gasteiger partial charge in [0.1, 0.15) is 5.01 Å². The van der Waals surface area contributed by atoms with E-state index in [1.54, 1.807) is 23.7 Å². The van der Waals surface area contributed by atoms with Gasteiger partial charge in [0.25, 0.3) is 0 Å². The maximum Gasteiger partial charge on any atom is 0.124 e. The van der Waals surface area contributed by atoms with Crippen molar-refractivity contribution in [1.29, 1.82) is 0 Å². The number of benzene rings is 1. The summed E-state index contributed by atoms with van der Waals surface area (Å²) < 4.78 is 1.23. The van der Waals surface area contributed by atoms with Gasteiger partial charge in [-0.05, 0) is 29.8 Å². The van der Waals surface area contributed by atoms with Gasteiger partial charge in [-0.15, -0.1) is 11.3 Å². The maximum atomic E-state index is 4.63. The van der Waals surface area contributed by atoms with Crippen molar-refractivity contribution in [1.82, 2.24) is 9.97 Å². The average Bonchev–Trinajstić information content (AvgIpc) is 2.82. The predicted octanol–water partition coefficient (Wildman–Crippen LogP) is 4.25. The molecule has 0 saturated heterocycles. The van der Waals surface area contributed by atoms with Gasteiger partial charge >= 0.3 is 0 Å². The Bertz CT molecular complexity index is 649. The lowest BCUT2D eigenvalue weighted by atomic mass is 10.2. The van der Waals surface area contributed by atoms with Crippen molar-refractivity contribution in [2.24, 2.45) is 0 Å². The molecule has 0 aliphatic carbocycles. The summed E-state index contributed by atoms with van der Waals surface area (Å²) in [5, 5.41) is 1.93. The van der Waals surface area contributed by atoms with Gasteiger partial charge in [0, 0.05) is 23.3 Å². The lowest BCUT2D eigenvalue weighted by Crippen LogP contribution is -1.76. The summed E-state index contributed by atoms with van der Waals surface area (Å²) in [6.45, 7) is 0. The molecular formula is C13H9BrN2S. The quantitative estimate of drug-likeness (QED) is 0.661. The van der Waals surface area contributed by atoms with E-state index in [0.717, 1.165) is 21.4 Å². The van der Waals surface area contributed by atoms with Crippen molar-refractivity contribution in [3.05, 3.63) is 48.3 Å². The Morgan fingerprint density at radius 1 is 1.12 bits per heavy atom. The minimum atomic E-state index is 0.880. The second-order valence-corrected chi connectivity index (χ2v) is 5.28. The third-order valence-electron chi connectivity index (χ3n) is 2.53. The molecule has 0 spiro atoms. The molecule has 0 atom stereocenters. The first-order valence-corrected chi connectivity index (χ1v) is 7.16. The highest BCUT2D eigenvalue weighted by molar-refractivity contribution is 9.08. The van der Waals surface area contributed by atoms with Crippen LogP contribution in [0.4, 0.5) is 0 Å². The van der Waals surface area contributed by atoms with Crippen molar-refractivity contribution in [3.8, 4) is 10.6 Å². The molecule has 2 aromatic heterocycles. The standard InChI is InChI=1S/C13H9BrN2S/c14-8-9-1-2-11-12(7-9)17-13(16-11)10-3-5-15-6-4-10/h1-7H,8H2. The van der Waals surface area contributed by atoms with Crippen LogP contribution in [0.1, 0.15) is 5.56 Å². The molecule has 0 aliphatic heterocycles. The van der Waals surface area contributed by atoms with Crippen LogP contribution in [0.3, 0.4) is 0 Å². The van der Waals surface area contributed by atoms with E-state index in [0.29, 0.717) is 0 Å². The van der Waals surface area contributed by atoms with Crippen LogP contribution in [0.5, 0.6) is 0 Å². The minimum absolute atomic E-state index is 0.880. The minimum Gasteiger partial charge on any atom is -0.265 e. The highest BCUT2D eigenvalue weighted by atomic mass is 79.9. The zero-order valence-electron chi connectivity index (χ0n) is 8.93. The number of fused-ring (bicyclic) bond motifs is 1. The Balaban J connectivity index is 2.14. The monoisotopic (exact) mass is 304 g/mol. The number of rotatable bonds is 2. The fourth-order valence-corrected chi connectivity index (χ4v) is 3.05. The van der Waals surface area contributed by atoms with E-state index in [-0.39, 0.29) is 0 Å². The molecule has 2 heterocycles. The van der Waals surface area contributed by atoms with Gasteiger partial charge in [-0.25, -0.2) is 4.98 Å². The van der Waals surface area contributed by atoms with Gasteiger partial charge < -0.3 is 0 Å². The van der Waals surface area contributed by atoms with E-state index in [4.69, 9.17) is 0 Å². The fourth-order valence-electron chi connectivity index (χ4n) is 1.67. The van der Waals surface area contributed by atoms with Gasteiger partial charge in [-0.3, -0.25) is 4.98 Å². The van der Waals surface area contributed by atoms with Crippen LogP contribution in [-0.4, -0.2) is 9.97 Å². The summed E-state index contributed by atoms with van der Waals surface area (Å²) in [6, 6.07) is 10.3. The van der Waals surface area contributed by atoms with Crippen molar-refractivity contribution in [2.75, 3.05) is 0 Å². The van der Waals surface area contributed by atoms with Crippen LogP contribution < -0.4 is 0 Å². The zero-order valence-corrected chi connectivity index (χ0v) is 11.3. The normalized spacial score (nSPS) is 10.9. The van der Waals surface area contributed by atoms with Crippen LogP contribution in [0.15, 0.2) is 42.7 Å². The number of alkyl halides is 1. The molecular weight excluding hydrogens is 296 g/mol. The molecule has 0 unspecified atom stereocenters. The first-order chi connectivity index (χ1) is 8.36. The first-order valence-electron chi connectivity index (χ1n) is 5.22. The SMILES string of the molecule is BrCc1ccc2nc(-c3ccncc3)sc2c1. The van der Waals surface area contributed by atoms with Crippen molar-refractivity contribution in [3.63, 3.8) is 0 Å². The number of hydrogen-bond donors (Lipinski definition) is 0. The second kappa shape index (κ2) is 4.55. The summed E-state index contributed by atoms with van der Waals surface area (Å²) >= 11 is 5.19. The van der Waals surface area contributed by atoms with Crippen molar-refractivity contribution in [2.45, 2.75) is 5.33 Å². The van der Waals surface area contributed by atoms with Gasteiger partial charge in [0.05, 0.1) is 10.2 Å². The molecule has 0 saturated carbocycles. The van der Waals surface area contributed by atoms with Gasteiger partial charge in [-0.2, -0.15) is 0 Å². The smallest absolute Gasteiger partial charge is 0.124 e. The van der Waals surface area contributed by atoms with E-state index in [2.05, 4.69) is 44.1 Å². The van der Waals surface area contributed by atoms with Crippen LogP contribution in [-0.2, 0) is 5.33 Å². The second-order valence-electron chi connectivity index (χ2n) is 3.69. The predicted molar refractivity (Wildman–Crippen MR) is 75.5 cm³/mol. The van der Waals surface area contributed by atoms with Gasteiger partial charge in [0.15, 0.2) is 0 Å². The Morgan fingerprint density at radius 3 is 2.71 bits per heavy atom. The average molecular weight is 305 g/mol. The van der Waals surface area contributed by atoms with E-state index in [9.17, 15) is 0 Å². The number of nitrogens with zero attached hydrogens (tertiary/aromatic N) is 2. The van der Waals surface area contributed by atoms with Crippen LogP contribution >= 0.6 is 27.3 Å². The van der Waals surface area contributed by atoms with E-state index in [1.165, 1.54) is 10.3 Å². The Hall–Kier alpha value is -1.26. The summed E-state index contributed by atoms with van der Waals surface area (Å²) in [4.78, 5) is 8.66. The van der Waals surface area contributed by atoms with Crippen molar-refractivity contribution < 1.29 is 0 Å². The molecule has 0 bridgehead atoms. The maximum absolute atomic E-state index is 4.63. The Kier molecular flexibility index (Phi) is 2.91. The number of hydrogen-bond acceptors (Lipinski definition) is 3. The summed E-state index contributed by atoms with van der Waals surface area (Å²) in [6.07, 6.45) is 3.59. The molecule has 17 heavy (non-hydrogen) atoms. The summed E-state index contributed by atoms with van der Waals surface area (Å²) in [5.41, 5.74) is 3.47. The number of pyridine rings is 1. The molecule has 0 fully saturated rings. The molecule has 1 aromatic carbocycles. The van der Waals surface area contributed by atoms with Gasteiger partial charge in [0.2, 0.25) is 0 Å². The Labute approximate surface area is 111 Å². The number of halogens is 1. The summed E-state index contributed by atoms with van der Waals surface area (Å²) in [5.74, 6) is 0. The van der Waals surface area contributed by atoms with Crippen LogP contribution in [0.25, 0.3) is 20.8 Å². The summed E-state index contributed by atoms with van der Waals surface area (Å²) in [7, 11) is 0. The third kappa shape index (κ3) is 2.10. The molecule has 3 aromatic rings. The fraction of sp³-hybridized carbons (Fsp3) is 0.0769. The zero-order chi connectivity index (χ0) is 11.7. The van der Waals surface area contributed by atoms with E-state index in [1.807, 2.05) is 12.1 Å². The molecule has 84 valence electrons. The van der Waals surface area contributed by atoms with Crippen molar-refractivity contribution >= 4 is 37.5 Å². The van der Waals surface area contributed by atoms with E-state index < -0.39 is 0 Å². The molecule has 0 N–H and O–H groups in total. The van der Waals surface area contributed by atoms with Crippen LogP contribution in [0.2, 0.25) is 0 Å². The van der Waals surface area contributed by atoms with E-state index >= 15 is 0 Å². The topological polar surface area (TPSA) is 25.8 Å². The molecule has 0 radical (unpaired) electrons. The highest BCUT2D eigenvalue weighted by Crippen LogP contribution is 2.30. The molecule has 2 nitrogen and oxygen atoms in total. The largest absolute Gasteiger partial charge is 0.265 e. The number of aromatic nitrogens is 2.